The van der Waals surface area contributed by atoms with E-state index < -0.39 is 0 Å². The monoisotopic (exact) mass is 384 g/mol. The van der Waals surface area contributed by atoms with E-state index in [1.54, 1.807) is 12.1 Å². The van der Waals surface area contributed by atoms with Crippen molar-refractivity contribution in [3.05, 3.63) is 70.0 Å². The van der Waals surface area contributed by atoms with Gasteiger partial charge in [-0.25, -0.2) is 4.39 Å². The first-order chi connectivity index (χ1) is 13.1. The van der Waals surface area contributed by atoms with Gasteiger partial charge in [0.2, 0.25) is 0 Å². The van der Waals surface area contributed by atoms with Crippen molar-refractivity contribution in [3.63, 3.8) is 0 Å². The highest BCUT2D eigenvalue weighted by Crippen LogP contribution is 2.50. The first-order valence-electron chi connectivity index (χ1n) is 10.1. The van der Waals surface area contributed by atoms with Gasteiger partial charge in [-0.05, 0) is 73.7 Å². The number of hydrogen-bond donors (Lipinski definition) is 0. The number of rotatable bonds is 2. The number of fused-ring (bicyclic) bond motifs is 1. The molecule has 2 fully saturated rings. The van der Waals surface area contributed by atoms with E-state index in [-0.39, 0.29) is 5.82 Å². The van der Waals surface area contributed by atoms with Gasteiger partial charge in [-0.15, -0.1) is 0 Å². The Morgan fingerprint density at radius 1 is 1.04 bits per heavy atom. The average molecular weight is 385 g/mol. The first kappa shape index (κ1) is 17.7. The van der Waals surface area contributed by atoms with Gasteiger partial charge in [0.05, 0.1) is 0 Å². The topological polar surface area (TPSA) is 6.48 Å². The second kappa shape index (κ2) is 6.58. The molecule has 0 bridgehead atoms. The molecule has 27 heavy (non-hydrogen) atoms. The van der Waals surface area contributed by atoms with E-state index in [2.05, 4.69) is 29.0 Å². The molecule has 2 aromatic rings. The van der Waals surface area contributed by atoms with Crippen molar-refractivity contribution >= 4 is 11.6 Å². The summed E-state index contributed by atoms with van der Waals surface area (Å²) in [6, 6.07) is 13.8. The fourth-order valence-corrected chi connectivity index (χ4v) is 5.65. The lowest BCUT2D eigenvalue weighted by molar-refractivity contribution is -0.0513. The second-order valence-electron chi connectivity index (χ2n) is 8.60. The Labute approximate surface area is 165 Å². The summed E-state index contributed by atoms with van der Waals surface area (Å²) in [7, 11) is 2.29. The van der Waals surface area contributed by atoms with Crippen LogP contribution in [0.15, 0.2) is 42.5 Å². The van der Waals surface area contributed by atoms with Gasteiger partial charge in [0.25, 0.3) is 0 Å². The fourth-order valence-electron chi connectivity index (χ4n) is 5.47. The van der Waals surface area contributed by atoms with Crippen LogP contribution in [0.1, 0.15) is 54.3 Å². The van der Waals surface area contributed by atoms with Crippen LogP contribution in [-0.2, 0) is 0 Å². The Morgan fingerprint density at radius 3 is 2.52 bits per heavy atom. The van der Waals surface area contributed by atoms with E-state index in [9.17, 15) is 4.39 Å². The molecule has 3 aliphatic rings. The maximum absolute atomic E-state index is 13.4. The highest BCUT2D eigenvalue weighted by Gasteiger charge is 2.47. The summed E-state index contributed by atoms with van der Waals surface area (Å²) in [6.07, 6.45) is 5.04. The molecule has 0 aromatic heterocycles. The predicted octanol–water partition coefficient (Wildman–Crippen LogP) is 5.23. The normalized spacial score (nSPS) is 27.5. The van der Waals surface area contributed by atoms with Crippen molar-refractivity contribution < 1.29 is 4.39 Å². The third-order valence-electron chi connectivity index (χ3n) is 7.27. The molecule has 1 saturated carbocycles. The molecule has 142 valence electrons. The molecule has 1 heterocycles. The first-order valence-corrected chi connectivity index (χ1v) is 10.4. The summed E-state index contributed by atoms with van der Waals surface area (Å²) in [5, 5.41) is 0.811. The van der Waals surface area contributed by atoms with Crippen LogP contribution >= 0.6 is 11.6 Å². The van der Waals surface area contributed by atoms with E-state index in [0.29, 0.717) is 17.5 Å². The van der Waals surface area contributed by atoms with Gasteiger partial charge >= 0.3 is 0 Å². The van der Waals surface area contributed by atoms with Crippen LogP contribution in [0, 0.1) is 5.82 Å². The Balaban J connectivity index is 1.49. The number of hydrogen-bond acceptors (Lipinski definition) is 2. The molecule has 5 rings (SSSR count). The zero-order chi connectivity index (χ0) is 18.6. The summed E-state index contributed by atoms with van der Waals surface area (Å²) < 4.78 is 13.4. The molecule has 0 unspecified atom stereocenters. The Hall–Kier alpha value is -1.42. The lowest BCUT2D eigenvalue weighted by atomic mass is 9.73. The summed E-state index contributed by atoms with van der Waals surface area (Å²) >= 11 is 6.38. The summed E-state index contributed by atoms with van der Waals surface area (Å²) in [4.78, 5) is 5.27. The van der Waals surface area contributed by atoms with Crippen LogP contribution in [0.2, 0.25) is 5.02 Å². The van der Waals surface area contributed by atoms with E-state index >= 15 is 0 Å². The number of benzene rings is 2. The van der Waals surface area contributed by atoms with Crippen molar-refractivity contribution in [2.45, 2.75) is 43.2 Å². The number of halogens is 2. The molecule has 2 aromatic carbocycles. The molecule has 2 nitrogen and oxygen atoms in total. The molecular weight excluding hydrogens is 359 g/mol. The largest absolute Gasteiger partial charge is 0.298 e. The number of likely N-dealkylation sites (N-methyl/N-ethyl adjacent to an activating group) is 1. The molecule has 2 aliphatic carbocycles. The van der Waals surface area contributed by atoms with Gasteiger partial charge in [-0.3, -0.25) is 9.80 Å². The van der Waals surface area contributed by atoms with Crippen molar-refractivity contribution in [2.75, 3.05) is 26.7 Å². The highest BCUT2D eigenvalue weighted by atomic mass is 35.5. The van der Waals surface area contributed by atoms with Crippen LogP contribution in [0.5, 0.6) is 0 Å². The summed E-state index contributed by atoms with van der Waals surface area (Å²) in [6.45, 7) is 3.38. The fraction of sp³-hybridized carbons (Fsp3) is 0.478. The lowest BCUT2D eigenvalue weighted by Gasteiger charge is -2.56. The predicted molar refractivity (Wildman–Crippen MR) is 108 cm³/mol. The highest BCUT2D eigenvalue weighted by molar-refractivity contribution is 6.30. The second-order valence-corrected chi connectivity index (χ2v) is 9.04. The number of nitrogens with zero attached hydrogens (tertiary/aromatic N) is 2. The van der Waals surface area contributed by atoms with Gasteiger partial charge in [0.1, 0.15) is 5.82 Å². The lowest BCUT2D eigenvalue weighted by Crippen LogP contribution is -2.64. The van der Waals surface area contributed by atoms with Crippen LogP contribution in [0.25, 0.3) is 0 Å². The standard InChI is InChI=1S/C23H26ClFN2/c1-26-11-12-27(15-23(26)9-2-10-23)22-14-20(16-3-6-18(25)7-4-16)19-8-5-17(24)13-21(19)22/h3-8,13,20,22H,2,9-12,14-15H2,1H3/t20-,22+/m1/s1. The Bertz CT molecular complexity index is 846. The average Bonchev–Trinajstić information content (AvgIpc) is 3.00. The smallest absolute Gasteiger partial charge is 0.123 e. The van der Waals surface area contributed by atoms with Crippen molar-refractivity contribution in [3.8, 4) is 0 Å². The van der Waals surface area contributed by atoms with Gasteiger partial charge in [0.15, 0.2) is 0 Å². The van der Waals surface area contributed by atoms with E-state index in [1.807, 2.05) is 18.2 Å². The van der Waals surface area contributed by atoms with Crippen molar-refractivity contribution in [1.29, 1.82) is 0 Å². The van der Waals surface area contributed by atoms with Gasteiger partial charge < -0.3 is 0 Å². The molecule has 4 heteroatoms. The van der Waals surface area contributed by atoms with Gasteiger partial charge in [-0.2, -0.15) is 0 Å². The summed E-state index contributed by atoms with van der Waals surface area (Å²) in [5.74, 6) is 0.149. The quantitative estimate of drug-likeness (QED) is 0.699. The van der Waals surface area contributed by atoms with Crippen LogP contribution in [0.3, 0.4) is 0 Å². The molecule has 2 atom stereocenters. The van der Waals surface area contributed by atoms with Crippen molar-refractivity contribution in [2.24, 2.45) is 0 Å². The SMILES string of the molecule is CN1CCN([C@H]2C[C@H](c3ccc(F)cc3)c3ccc(Cl)cc32)CC12CCC2. The molecule has 1 spiro atoms. The maximum Gasteiger partial charge on any atom is 0.123 e. The molecule has 1 aliphatic heterocycles. The zero-order valence-corrected chi connectivity index (χ0v) is 16.6. The Kier molecular flexibility index (Phi) is 4.30. The summed E-state index contributed by atoms with van der Waals surface area (Å²) in [5.41, 5.74) is 4.31. The minimum Gasteiger partial charge on any atom is -0.298 e. The van der Waals surface area contributed by atoms with E-state index in [1.165, 1.54) is 36.0 Å². The number of piperazine rings is 1. The van der Waals surface area contributed by atoms with Gasteiger partial charge in [-0.1, -0.05) is 29.8 Å². The molecule has 0 N–H and O–H groups in total. The van der Waals surface area contributed by atoms with E-state index in [4.69, 9.17) is 11.6 Å². The Morgan fingerprint density at radius 2 is 1.81 bits per heavy atom. The zero-order valence-electron chi connectivity index (χ0n) is 15.8. The molecule has 0 radical (unpaired) electrons. The third kappa shape index (κ3) is 2.91. The van der Waals surface area contributed by atoms with Crippen LogP contribution < -0.4 is 0 Å². The van der Waals surface area contributed by atoms with Crippen molar-refractivity contribution in [1.82, 2.24) is 9.80 Å². The molecule has 1 saturated heterocycles. The molecule has 0 amide bonds. The molecular formula is C23H26ClFN2. The minimum absolute atomic E-state index is 0.171. The third-order valence-corrected chi connectivity index (χ3v) is 7.50. The van der Waals surface area contributed by atoms with Crippen LogP contribution in [-0.4, -0.2) is 42.0 Å². The van der Waals surface area contributed by atoms with E-state index in [0.717, 1.165) is 31.1 Å². The van der Waals surface area contributed by atoms with Crippen LogP contribution in [0.4, 0.5) is 4.39 Å². The maximum atomic E-state index is 13.4. The minimum atomic E-state index is -0.171. The van der Waals surface area contributed by atoms with Gasteiger partial charge in [0, 0.05) is 42.2 Å².